The summed E-state index contributed by atoms with van der Waals surface area (Å²) in [5, 5.41) is 13.1. The topological polar surface area (TPSA) is 70.2 Å². The van der Waals surface area contributed by atoms with Gasteiger partial charge in [-0.15, -0.1) is 5.10 Å². The van der Waals surface area contributed by atoms with E-state index in [9.17, 15) is 18.0 Å². The summed E-state index contributed by atoms with van der Waals surface area (Å²) < 4.78 is 39.4. The van der Waals surface area contributed by atoms with Crippen LogP contribution in [0.4, 0.5) is 24.7 Å². The fourth-order valence-electron chi connectivity index (χ4n) is 1.85. The molecule has 2 aromatic rings. The number of amides is 1. The van der Waals surface area contributed by atoms with Crippen LogP contribution in [0.25, 0.3) is 0 Å². The van der Waals surface area contributed by atoms with Gasteiger partial charge in [-0.3, -0.25) is 4.79 Å². The minimum absolute atomic E-state index is 0.130. The van der Waals surface area contributed by atoms with E-state index in [4.69, 9.17) is 0 Å². The lowest BCUT2D eigenvalue weighted by Crippen LogP contribution is -2.30. The van der Waals surface area contributed by atoms with Crippen LogP contribution < -0.4 is 15.5 Å². The maximum Gasteiger partial charge on any atom is 0.254 e. The van der Waals surface area contributed by atoms with Crippen LogP contribution >= 0.6 is 0 Å². The molecule has 0 bridgehead atoms. The van der Waals surface area contributed by atoms with Gasteiger partial charge in [0.1, 0.15) is 0 Å². The number of hydrogen-bond donors (Lipinski definition) is 2. The standard InChI is InChI=1S/C15H16F3N5O/c1-23(2)9-7-12(22-21-8-9)19-5-6-20-15(24)10-3-4-11(16)14(18)13(10)17/h3-4,7-8H,5-6H2,1-2H3,(H,19,22)(H,20,24). The number of rotatable bonds is 6. The molecule has 0 spiro atoms. The Morgan fingerprint density at radius 1 is 1.17 bits per heavy atom. The maximum atomic E-state index is 13.5. The molecule has 24 heavy (non-hydrogen) atoms. The summed E-state index contributed by atoms with van der Waals surface area (Å²) in [5.41, 5.74) is 0.295. The van der Waals surface area contributed by atoms with E-state index < -0.39 is 28.9 Å². The Kier molecular flexibility index (Phi) is 5.56. The van der Waals surface area contributed by atoms with Crippen molar-refractivity contribution < 1.29 is 18.0 Å². The second kappa shape index (κ2) is 7.62. The summed E-state index contributed by atoms with van der Waals surface area (Å²) >= 11 is 0. The fourth-order valence-corrected chi connectivity index (χ4v) is 1.85. The smallest absolute Gasteiger partial charge is 0.254 e. The number of hydrogen-bond acceptors (Lipinski definition) is 5. The van der Waals surface area contributed by atoms with E-state index in [1.54, 1.807) is 12.3 Å². The highest BCUT2D eigenvalue weighted by molar-refractivity contribution is 5.94. The van der Waals surface area contributed by atoms with E-state index in [0.717, 1.165) is 11.8 Å². The highest BCUT2D eigenvalue weighted by atomic mass is 19.2. The lowest BCUT2D eigenvalue weighted by Gasteiger charge is -2.13. The monoisotopic (exact) mass is 339 g/mol. The molecule has 2 rings (SSSR count). The molecular formula is C15H16F3N5O. The van der Waals surface area contributed by atoms with Crippen LogP contribution in [0.15, 0.2) is 24.4 Å². The van der Waals surface area contributed by atoms with Crippen LogP contribution in [0.5, 0.6) is 0 Å². The number of carbonyl (C=O) groups excluding carboxylic acids is 1. The van der Waals surface area contributed by atoms with Gasteiger partial charge in [0.15, 0.2) is 23.3 Å². The minimum atomic E-state index is -1.67. The van der Waals surface area contributed by atoms with Crippen molar-refractivity contribution in [3.63, 3.8) is 0 Å². The molecule has 1 heterocycles. The molecule has 1 aromatic carbocycles. The number of aromatic nitrogens is 2. The number of benzene rings is 1. The molecule has 0 aliphatic carbocycles. The zero-order chi connectivity index (χ0) is 17.7. The van der Waals surface area contributed by atoms with E-state index >= 15 is 0 Å². The van der Waals surface area contributed by atoms with Crippen LogP contribution in [0.1, 0.15) is 10.4 Å². The molecule has 6 nitrogen and oxygen atoms in total. The molecule has 0 unspecified atom stereocenters. The normalized spacial score (nSPS) is 10.4. The van der Waals surface area contributed by atoms with Crippen LogP contribution in [-0.2, 0) is 0 Å². The third-order valence-corrected chi connectivity index (χ3v) is 3.15. The summed E-state index contributed by atoms with van der Waals surface area (Å²) in [6.07, 6.45) is 1.60. The Morgan fingerprint density at radius 2 is 1.92 bits per heavy atom. The van der Waals surface area contributed by atoms with Crippen molar-refractivity contribution in [1.82, 2.24) is 15.5 Å². The first-order valence-electron chi connectivity index (χ1n) is 7.05. The third-order valence-electron chi connectivity index (χ3n) is 3.15. The SMILES string of the molecule is CN(C)c1cnnc(NCCNC(=O)c2ccc(F)c(F)c2F)c1. The minimum Gasteiger partial charge on any atom is -0.376 e. The van der Waals surface area contributed by atoms with Gasteiger partial charge in [-0.1, -0.05) is 0 Å². The van der Waals surface area contributed by atoms with Crippen LogP contribution in [0, 0.1) is 17.5 Å². The van der Waals surface area contributed by atoms with Crippen molar-refractivity contribution in [3.05, 3.63) is 47.4 Å². The van der Waals surface area contributed by atoms with Gasteiger partial charge in [0.25, 0.3) is 5.91 Å². The predicted molar refractivity (Wildman–Crippen MR) is 83.5 cm³/mol. The molecule has 0 fully saturated rings. The van der Waals surface area contributed by atoms with Crippen molar-refractivity contribution >= 4 is 17.4 Å². The van der Waals surface area contributed by atoms with E-state index in [1.807, 2.05) is 19.0 Å². The molecule has 0 radical (unpaired) electrons. The molecule has 9 heteroatoms. The largest absolute Gasteiger partial charge is 0.376 e. The Balaban J connectivity index is 1.87. The molecule has 2 N–H and O–H groups in total. The Morgan fingerprint density at radius 3 is 2.62 bits per heavy atom. The maximum absolute atomic E-state index is 13.5. The van der Waals surface area contributed by atoms with Crippen LogP contribution in [0.2, 0.25) is 0 Å². The van der Waals surface area contributed by atoms with Gasteiger partial charge in [-0.05, 0) is 12.1 Å². The van der Waals surface area contributed by atoms with Gasteiger partial charge in [-0.2, -0.15) is 5.10 Å². The third kappa shape index (κ3) is 4.12. The first-order valence-corrected chi connectivity index (χ1v) is 7.05. The van der Waals surface area contributed by atoms with Gasteiger partial charge in [0.05, 0.1) is 17.4 Å². The van der Waals surface area contributed by atoms with Crippen molar-refractivity contribution in [3.8, 4) is 0 Å². The summed E-state index contributed by atoms with van der Waals surface area (Å²) in [4.78, 5) is 13.6. The summed E-state index contributed by atoms with van der Waals surface area (Å²) in [7, 11) is 3.72. The average Bonchev–Trinajstić information content (AvgIpc) is 2.57. The molecule has 1 aromatic heterocycles. The molecular weight excluding hydrogens is 323 g/mol. The van der Waals surface area contributed by atoms with Crippen molar-refractivity contribution in [2.75, 3.05) is 37.4 Å². The van der Waals surface area contributed by atoms with E-state index in [-0.39, 0.29) is 6.54 Å². The fraction of sp³-hybridized carbons (Fsp3) is 0.267. The second-order valence-electron chi connectivity index (χ2n) is 5.10. The van der Waals surface area contributed by atoms with E-state index in [1.165, 1.54) is 0 Å². The number of nitrogens with one attached hydrogen (secondary N) is 2. The highest BCUT2D eigenvalue weighted by Gasteiger charge is 2.18. The quantitative estimate of drug-likeness (QED) is 0.620. The van der Waals surface area contributed by atoms with Crippen molar-refractivity contribution in [1.29, 1.82) is 0 Å². The first kappa shape index (κ1) is 17.5. The van der Waals surface area contributed by atoms with Crippen LogP contribution in [-0.4, -0.2) is 43.3 Å². The summed E-state index contributed by atoms with van der Waals surface area (Å²) in [5.74, 6) is -4.84. The van der Waals surface area contributed by atoms with Gasteiger partial charge < -0.3 is 15.5 Å². The number of anilines is 2. The van der Waals surface area contributed by atoms with Gasteiger partial charge in [-0.25, -0.2) is 13.2 Å². The molecule has 0 saturated heterocycles. The lowest BCUT2D eigenvalue weighted by atomic mass is 10.2. The van der Waals surface area contributed by atoms with Gasteiger partial charge in [0, 0.05) is 33.3 Å². The number of halogens is 3. The molecule has 0 atom stereocenters. The molecule has 128 valence electrons. The van der Waals surface area contributed by atoms with E-state index in [0.29, 0.717) is 18.4 Å². The molecule has 0 aliphatic rings. The van der Waals surface area contributed by atoms with Crippen molar-refractivity contribution in [2.45, 2.75) is 0 Å². The highest BCUT2D eigenvalue weighted by Crippen LogP contribution is 2.15. The summed E-state index contributed by atoms with van der Waals surface area (Å²) in [6.45, 7) is 0.424. The van der Waals surface area contributed by atoms with Gasteiger partial charge in [0.2, 0.25) is 0 Å². The van der Waals surface area contributed by atoms with Gasteiger partial charge >= 0.3 is 0 Å². The Labute approximate surface area is 136 Å². The average molecular weight is 339 g/mol. The molecule has 0 aliphatic heterocycles. The number of carbonyl (C=O) groups is 1. The Bertz CT molecular complexity index is 739. The molecule has 1 amide bonds. The summed E-state index contributed by atoms with van der Waals surface area (Å²) in [6, 6.07) is 3.36. The number of nitrogens with zero attached hydrogens (tertiary/aromatic N) is 3. The first-order chi connectivity index (χ1) is 11.4. The zero-order valence-corrected chi connectivity index (χ0v) is 13.1. The zero-order valence-electron chi connectivity index (χ0n) is 13.1. The van der Waals surface area contributed by atoms with Crippen molar-refractivity contribution in [2.24, 2.45) is 0 Å². The predicted octanol–water partition coefficient (Wildman–Crippen LogP) is 1.80. The Hall–Kier alpha value is -2.84. The molecule has 0 saturated carbocycles. The second-order valence-corrected chi connectivity index (χ2v) is 5.10. The van der Waals surface area contributed by atoms with E-state index in [2.05, 4.69) is 20.8 Å². The van der Waals surface area contributed by atoms with Crippen LogP contribution in [0.3, 0.4) is 0 Å². The lowest BCUT2D eigenvalue weighted by molar-refractivity contribution is 0.0950.